The molecule has 2 aromatic carbocycles. The van der Waals surface area contributed by atoms with Gasteiger partial charge in [-0.3, -0.25) is 14.9 Å². The Labute approximate surface area is 154 Å². The molecule has 0 aliphatic rings. The van der Waals surface area contributed by atoms with Crippen molar-refractivity contribution in [1.82, 2.24) is 15.2 Å². The van der Waals surface area contributed by atoms with Gasteiger partial charge in [-0.15, -0.1) is 13.2 Å². The number of carbonyl (C=O) groups excluding carboxylic acids is 1. The van der Waals surface area contributed by atoms with Crippen LogP contribution in [0.5, 0.6) is 5.75 Å². The summed E-state index contributed by atoms with van der Waals surface area (Å²) < 4.78 is 55.8. The summed E-state index contributed by atoms with van der Waals surface area (Å²) in [6.45, 7) is -0.0249. The topological polar surface area (TPSA) is 82.2 Å². The molecule has 11 heteroatoms. The van der Waals surface area contributed by atoms with Crippen molar-refractivity contribution in [3.8, 4) is 5.75 Å². The summed E-state index contributed by atoms with van der Waals surface area (Å²) in [5, 5.41) is 4.45. The standard InChI is InChI=1S/C16H11ClF4N4O2/c17-12-5-9(18)2-1-8(12)7-25-13-6-10(27-16(19,20)21)3-4-11(13)14(24-25)15(26)23-22/h1-6H,7,22H2,(H,23,26). The van der Waals surface area contributed by atoms with Gasteiger partial charge in [0.05, 0.1) is 12.1 Å². The number of ether oxygens (including phenoxy) is 1. The number of nitrogens with zero attached hydrogens (tertiary/aromatic N) is 2. The van der Waals surface area contributed by atoms with Crippen molar-refractivity contribution < 1.29 is 27.1 Å². The van der Waals surface area contributed by atoms with Crippen molar-refractivity contribution in [2.45, 2.75) is 12.9 Å². The van der Waals surface area contributed by atoms with Crippen molar-refractivity contribution in [3.63, 3.8) is 0 Å². The van der Waals surface area contributed by atoms with E-state index in [1.165, 1.54) is 22.9 Å². The second-order valence-electron chi connectivity index (χ2n) is 5.44. The van der Waals surface area contributed by atoms with Crippen LogP contribution in [0.15, 0.2) is 36.4 Å². The van der Waals surface area contributed by atoms with E-state index in [2.05, 4.69) is 9.84 Å². The third-order valence-corrected chi connectivity index (χ3v) is 3.99. The lowest BCUT2D eigenvalue weighted by Gasteiger charge is -2.10. The van der Waals surface area contributed by atoms with Gasteiger partial charge in [0, 0.05) is 16.5 Å². The number of halogens is 5. The van der Waals surface area contributed by atoms with Crippen LogP contribution in [0.3, 0.4) is 0 Å². The summed E-state index contributed by atoms with van der Waals surface area (Å²) in [7, 11) is 0. The van der Waals surface area contributed by atoms with Crippen molar-refractivity contribution in [3.05, 3.63) is 58.5 Å². The molecule has 0 fully saturated rings. The third kappa shape index (κ3) is 4.12. The predicted molar refractivity (Wildman–Crippen MR) is 88.6 cm³/mol. The Morgan fingerprint density at radius 2 is 2.00 bits per heavy atom. The maximum absolute atomic E-state index is 13.2. The minimum Gasteiger partial charge on any atom is -0.406 e. The quantitative estimate of drug-likeness (QED) is 0.303. The van der Waals surface area contributed by atoms with Gasteiger partial charge in [0.25, 0.3) is 5.91 Å². The summed E-state index contributed by atoms with van der Waals surface area (Å²) in [6.07, 6.45) is -4.88. The smallest absolute Gasteiger partial charge is 0.406 e. The molecule has 0 spiro atoms. The Hall–Kier alpha value is -2.85. The van der Waals surface area contributed by atoms with Crippen molar-refractivity contribution in [2.75, 3.05) is 0 Å². The lowest BCUT2D eigenvalue weighted by Crippen LogP contribution is -2.30. The SMILES string of the molecule is NNC(=O)c1nn(Cc2ccc(F)cc2Cl)c2cc(OC(F)(F)F)ccc12. The first-order valence-electron chi connectivity index (χ1n) is 7.39. The van der Waals surface area contributed by atoms with Crippen LogP contribution in [0.4, 0.5) is 17.6 Å². The molecule has 0 radical (unpaired) electrons. The van der Waals surface area contributed by atoms with Gasteiger partial charge in [-0.05, 0) is 29.8 Å². The van der Waals surface area contributed by atoms with E-state index in [-0.39, 0.29) is 28.2 Å². The first kappa shape index (κ1) is 18.9. The molecule has 0 bridgehead atoms. The molecule has 1 aromatic heterocycles. The summed E-state index contributed by atoms with van der Waals surface area (Å²) >= 11 is 5.99. The lowest BCUT2D eigenvalue weighted by molar-refractivity contribution is -0.274. The minimum absolute atomic E-state index is 0.0249. The van der Waals surface area contributed by atoms with Gasteiger partial charge in [-0.2, -0.15) is 5.10 Å². The van der Waals surface area contributed by atoms with Crippen molar-refractivity contribution in [2.24, 2.45) is 5.84 Å². The highest BCUT2D eigenvalue weighted by molar-refractivity contribution is 6.31. The van der Waals surface area contributed by atoms with Gasteiger partial charge in [0.15, 0.2) is 5.69 Å². The Morgan fingerprint density at radius 3 is 2.63 bits per heavy atom. The van der Waals surface area contributed by atoms with Gasteiger partial charge in [-0.1, -0.05) is 17.7 Å². The molecule has 27 heavy (non-hydrogen) atoms. The van der Waals surface area contributed by atoms with Gasteiger partial charge < -0.3 is 4.74 Å². The highest BCUT2D eigenvalue weighted by atomic mass is 35.5. The van der Waals surface area contributed by atoms with Crippen LogP contribution in [-0.2, 0) is 6.54 Å². The highest BCUT2D eigenvalue weighted by Gasteiger charge is 2.31. The van der Waals surface area contributed by atoms with Crippen LogP contribution in [0, 0.1) is 5.82 Å². The molecule has 6 nitrogen and oxygen atoms in total. The third-order valence-electron chi connectivity index (χ3n) is 3.64. The number of hydrogen-bond donors (Lipinski definition) is 2. The van der Waals surface area contributed by atoms with Crippen molar-refractivity contribution >= 4 is 28.4 Å². The number of aromatic nitrogens is 2. The maximum Gasteiger partial charge on any atom is 0.573 e. The Bertz CT molecular complexity index is 1020. The van der Waals surface area contributed by atoms with Crippen LogP contribution in [0.2, 0.25) is 5.02 Å². The van der Waals surface area contributed by atoms with E-state index in [0.717, 1.165) is 18.2 Å². The molecule has 1 heterocycles. The molecule has 3 N–H and O–H groups in total. The van der Waals surface area contributed by atoms with Gasteiger partial charge in [0.1, 0.15) is 11.6 Å². The fourth-order valence-corrected chi connectivity index (χ4v) is 2.75. The van der Waals surface area contributed by atoms with E-state index in [9.17, 15) is 22.4 Å². The maximum atomic E-state index is 13.2. The summed E-state index contributed by atoms with van der Waals surface area (Å²) in [5.41, 5.74) is 2.45. The molecular weight excluding hydrogens is 392 g/mol. The van der Waals surface area contributed by atoms with E-state index >= 15 is 0 Å². The lowest BCUT2D eigenvalue weighted by atomic mass is 10.2. The second kappa shape index (κ2) is 7.05. The average molecular weight is 403 g/mol. The zero-order valence-corrected chi connectivity index (χ0v) is 14.1. The molecule has 1 amide bonds. The number of alkyl halides is 3. The number of benzene rings is 2. The van der Waals surface area contributed by atoms with Gasteiger partial charge >= 0.3 is 6.36 Å². The first-order chi connectivity index (χ1) is 12.7. The zero-order valence-electron chi connectivity index (χ0n) is 13.3. The number of carbonyl (C=O) groups is 1. The minimum atomic E-state index is -4.88. The molecule has 0 aliphatic heterocycles. The fourth-order valence-electron chi connectivity index (χ4n) is 2.52. The molecule has 0 saturated carbocycles. The normalized spacial score (nSPS) is 11.6. The molecule has 3 rings (SSSR count). The molecule has 0 aliphatic carbocycles. The fraction of sp³-hybridized carbons (Fsp3) is 0.125. The van der Waals surface area contributed by atoms with E-state index in [0.29, 0.717) is 5.56 Å². The Kier molecular flexibility index (Phi) is 4.94. The van der Waals surface area contributed by atoms with E-state index < -0.39 is 23.8 Å². The number of hydrogen-bond acceptors (Lipinski definition) is 4. The average Bonchev–Trinajstić information content (AvgIpc) is 2.93. The molecule has 0 unspecified atom stereocenters. The number of fused-ring (bicyclic) bond motifs is 1. The Morgan fingerprint density at radius 1 is 1.26 bits per heavy atom. The van der Waals surface area contributed by atoms with Crippen LogP contribution in [-0.4, -0.2) is 22.1 Å². The second-order valence-corrected chi connectivity index (χ2v) is 5.85. The number of rotatable bonds is 4. The number of amides is 1. The zero-order chi connectivity index (χ0) is 19.8. The predicted octanol–water partition coefficient (Wildman–Crippen LogP) is 3.38. The van der Waals surface area contributed by atoms with E-state index in [1.54, 1.807) is 0 Å². The van der Waals surface area contributed by atoms with Gasteiger partial charge in [-0.25, -0.2) is 10.2 Å². The van der Waals surface area contributed by atoms with Crippen LogP contribution >= 0.6 is 11.6 Å². The van der Waals surface area contributed by atoms with Gasteiger partial charge in [0.2, 0.25) is 0 Å². The molecular formula is C16H11ClF4N4O2. The van der Waals surface area contributed by atoms with E-state index in [4.69, 9.17) is 17.4 Å². The number of nitrogens with two attached hydrogens (primary N) is 1. The number of nitrogen functional groups attached to an aromatic ring is 1. The molecule has 0 saturated heterocycles. The number of hydrazine groups is 1. The van der Waals surface area contributed by atoms with Crippen LogP contribution in [0.25, 0.3) is 10.9 Å². The Balaban J connectivity index is 2.11. The van der Waals surface area contributed by atoms with Crippen LogP contribution in [0.1, 0.15) is 16.1 Å². The highest BCUT2D eigenvalue weighted by Crippen LogP contribution is 2.29. The first-order valence-corrected chi connectivity index (χ1v) is 7.77. The molecule has 0 atom stereocenters. The van der Waals surface area contributed by atoms with Crippen LogP contribution < -0.4 is 16.0 Å². The monoisotopic (exact) mass is 402 g/mol. The summed E-state index contributed by atoms with van der Waals surface area (Å²) in [5.74, 6) is 3.37. The molecule has 3 aromatic rings. The van der Waals surface area contributed by atoms with Crippen molar-refractivity contribution in [1.29, 1.82) is 0 Å². The summed E-state index contributed by atoms with van der Waals surface area (Å²) in [4.78, 5) is 11.9. The summed E-state index contributed by atoms with van der Waals surface area (Å²) in [6, 6.07) is 7.08. The molecule has 142 valence electrons. The largest absolute Gasteiger partial charge is 0.573 e. The van der Waals surface area contributed by atoms with E-state index in [1.807, 2.05) is 5.43 Å². The number of nitrogens with one attached hydrogen (secondary N) is 1.